The number of carbonyl (C=O) groups is 1. The van der Waals surface area contributed by atoms with E-state index in [-0.39, 0.29) is 21.6 Å². The highest BCUT2D eigenvalue weighted by Gasteiger charge is 2.20. The molecule has 5 nitrogen and oxygen atoms in total. The van der Waals surface area contributed by atoms with Gasteiger partial charge in [-0.3, -0.25) is 4.79 Å². The van der Waals surface area contributed by atoms with Crippen molar-refractivity contribution >= 4 is 34.9 Å². The van der Waals surface area contributed by atoms with Crippen LogP contribution in [0.2, 0.25) is 10.0 Å². The van der Waals surface area contributed by atoms with Crippen LogP contribution in [0.15, 0.2) is 48.7 Å². The number of hydrogen-bond acceptors (Lipinski definition) is 4. The van der Waals surface area contributed by atoms with Crippen LogP contribution < -0.4 is 16.2 Å². The Kier molecular flexibility index (Phi) is 5.72. The maximum absolute atomic E-state index is 13.8. The summed E-state index contributed by atoms with van der Waals surface area (Å²) in [7, 11) is 0. The molecule has 0 aliphatic carbocycles. The fourth-order valence-electron chi connectivity index (χ4n) is 2.72. The lowest BCUT2D eigenvalue weighted by Gasteiger charge is -2.19. The van der Waals surface area contributed by atoms with Crippen molar-refractivity contribution < 1.29 is 13.9 Å². The van der Waals surface area contributed by atoms with Crippen molar-refractivity contribution in [3.05, 3.63) is 75.7 Å². The van der Waals surface area contributed by atoms with E-state index in [9.17, 15) is 9.18 Å². The van der Waals surface area contributed by atoms with Gasteiger partial charge in [-0.1, -0.05) is 35.3 Å². The number of halogens is 3. The predicted octanol–water partition coefficient (Wildman–Crippen LogP) is 5.02. The number of hydrogen-bond donors (Lipinski definition) is 2. The molecular formula is C20H16Cl2FN3O2. The number of anilines is 1. The molecule has 0 fully saturated rings. The number of primary amides is 1. The Balaban J connectivity index is 1.96. The van der Waals surface area contributed by atoms with Gasteiger partial charge in [0.2, 0.25) is 5.91 Å². The first-order chi connectivity index (χ1) is 13.3. The van der Waals surface area contributed by atoms with Crippen molar-refractivity contribution in [2.75, 3.05) is 5.73 Å². The van der Waals surface area contributed by atoms with Crippen molar-refractivity contribution in [1.29, 1.82) is 0 Å². The van der Waals surface area contributed by atoms with Gasteiger partial charge in [-0.15, -0.1) is 0 Å². The Morgan fingerprint density at radius 3 is 2.64 bits per heavy atom. The Labute approximate surface area is 171 Å². The first-order valence-electron chi connectivity index (χ1n) is 8.23. The molecule has 144 valence electrons. The van der Waals surface area contributed by atoms with Gasteiger partial charge in [-0.2, -0.15) is 0 Å². The molecule has 0 saturated carbocycles. The second kappa shape index (κ2) is 8.04. The van der Waals surface area contributed by atoms with Gasteiger partial charge >= 0.3 is 0 Å². The average molecular weight is 420 g/mol. The maximum atomic E-state index is 13.8. The monoisotopic (exact) mass is 419 g/mol. The van der Waals surface area contributed by atoms with Crippen molar-refractivity contribution in [3.8, 4) is 16.9 Å². The molecule has 0 radical (unpaired) electrons. The van der Waals surface area contributed by atoms with Crippen LogP contribution in [0.3, 0.4) is 0 Å². The Morgan fingerprint density at radius 1 is 1.18 bits per heavy atom. The minimum absolute atomic E-state index is 0.114. The number of nitrogen functional groups attached to an aromatic ring is 1. The third-order valence-electron chi connectivity index (χ3n) is 4.15. The molecule has 1 atom stereocenters. The topological polar surface area (TPSA) is 91.2 Å². The summed E-state index contributed by atoms with van der Waals surface area (Å²) in [6.45, 7) is 1.67. The standard InChI is InChI=1S/C20H16Cl2FN3O2/c1-10(17-14(21)5-6-15(23)18(17)22)28-16-8-13(9-26-19(16)24)11-3-2-4-12(7-11)20(25)27/h2-10H,1H3,(H2,24,26)(H2,25,27). The quantitative estimate of drug-likeness (QED) is 0.568. The number of benzene rings is 2. The molecule has 1 aromatic heterocycles. The molecule has 0 bridgehead atoms. The fraction of sp³-hybridized carbons (Fsp3) is 0.100. The van der Waals surface area contributed by atoms with E-state index in [0.29, 0.717) is 22.3 Å². The molecule has 2 aromatic carbocycles. The van der Waals surface area contributed by atoms with Crippen LogP contribution >= 0.6 is 23.2 Å². The molecule has 4 N–H and O–H groups in total. The van der Waals surface area contributed by atoms with E-state index < -0.39 is 17.8 Å². The molecule has 0 saturated heterocycles. The van der Waals surface area contributed by atoms with Gasteiger partial charge in [0.15, 0.2) is 11.6 Å². The largest absolute Gasteiger partial charge is 0.482 e. The smallest absolute Gasteiger partial charge is 0.248 e. The zero-order valence-corrected chi connectivity index (χ0v) is 16.3. The summed E-state index contributed by atoms with van der Waals surface area (Å²) in [5.74, 6) is -0.721. The van der Waals surface area contributed by atoms with Crippen LogP contribution in [0.4, 0.5) is 10.2 Å². The van der Waals surface area contributed by atoms with Crippen LogP contribution in [0.25, 0.3) is 11.1 Å². The van der Waals surface area contributed by atoms with E-state index in [2.05, 4.69) is 4.98 Å². The minimum atomic E-state index is -0.688. The highest BCUT2D eigenvalue weighted by Crippen LogP contribution is 2.37. The molecule has 3 rings (SSSR count). The highest BCUT2D eigenvalue weighted by atomic mass is 35.5. The number of amides is 1. The third-order valence-corrected chi connectivity index (χ3v) is 4.87. The van der Waals surface area contributed by atoms with Gasteiger partial charge < -0.3 is 16.2 Å². The van der Waals surface area contributed by atoms with Crippen molar-refractivity contribution in [3.63, 3.8) is 0 Å². The molecule has 0 spiro atoms. The maximum Gasteiger partial charge on any atom is 0.248 e. The fourth-order valence-corrected chi connectivity index (χ4v) is 3.40. The Morgan fingerprint density at radius 2 is 1.93 bits per heavy atom. The van der Waals surface area contributed by atoms with E-state index in [4.69, 9.17) is 39.4 Å². The van der Waals surface area contributed by atoms with Crippen LogP contribution in [0.1, 0.15) is 28.9 Å². The second-order valence-corrected chi connectivity index (χ2v) is 6.85. The number of nitrogens with zero attached hydrogens (tertiary/aromatic N) is 1. The summed E-state index contributed by atoms with van der Waals surface area (Å²) in [6.07, 6.45) is 0.863. The SMILES string of the molecule is CC(Oc1cc(-c2cccc(C(N)=O)c2)cnc1N)c1c(Cl)ccc(F)c1Cl. The number of rotatable bonds is 5. The van der Waals surface area contributed by atoms with Gasteiger partial charge in [-0.05, 0) is 42.8 Å². The van der Waals surface area contributed by atoms with Crippen LogP contribution in [0.5, 0.6) is 5.75 Å². The molecule has 1 unspecified atom stereocenters. The van der Waals surface area contributed by atoms with Gasteiger partial charge in [0.05, 0.1) is 5.02 Å². The van der Waals surface area contributed by atoms with Gasteiger partial charge in [0.25, 0.3) is 0 Å². The molecule has 0 aliphatic rings. The van der Waals surface area contributed by atoms with Crippen molar-refractivity contribution in [2.24, 2.45) is 5.73 Å². The Bertz CT molecular complexity index is 1060. The van der Waals surface area contributed by atoms with Crippen LogP contribution in [0, 0.1) is 5.82 Å². The molecule has 1 amide bonds. The average Bonchev–Trinajstić information content (AvgIpc) is 2.67. The van der Waals surface area contributed by atoms with Gasteiger partial charge in [0, 0.05) is 27.9 Å². The van der Waals surface area contributed by atoms with Crippen molar-refractivity contribution in [1.82, 2.24) is 4.98 Å². The van der Waals surface area contributed by atoms with Crippen LogP contribution in [-0.2, 0) is 0 Å². The zero-order chi connectivity index (χ0) is 20.4. The number of ether oxygens (including phenoxy) is 1. The first-order valence-corrected chi connectivity index (χ1v) is 8.99. The Hall–Kier alpha value is -2.83. The van der Waals surface area contributed by atoms with E-state index >= 15 is 0 Å². The molecular weight excluding hydrogens is 404 g/mol. The van der Waals surface area contributed by atoms with E-state index in [1.165, 1.54) is 12.1 Å². The minimum Gasteiger partial charge on any atom is -0.482 e. The van der Waals surface area contributed by atoms with E-state index in [1.807, 2.05) is 0 Å². The molecule has 1 heterocycles. The van der Waals surface area contributed by atoms with Crippen LogP contribution in [-0.4, -0.2) is 10.9 Å². The lowest BCUT2D eigenvalue weighted by molar-refractivity contribution is 0.100. The second-order valence-electron chi connectivity index (χ2n) is 6.07. The van der Waals surface area contributed by atoms with Gasteiger partial charge in [0.1, 0.15) is 11.9 Å². The molecule has 0 aliphatic heterocycles. The summed E-state index contributed by atoms with van der Waals surface area (Å²) in [5, 5.41) is 0.160. The first kappa shape index (κ1) is 19.9. The number of nitrogens with two attached hydrogens (primary N) is 2. The summed E-state index contributed by atoms with van der Waals surface area (Å²) < 4.78 is 19.7. The third kappa shape index (κ3) is 4.03. The molecule has 8 heteroatoms. The zero-order valence-electron chi connectivity index (χ0n) is 14.7. The molecule has 3 aromatic rings. The lowest BCUT2D eigenvalue weighted by atomic mass is 10.0. The van der Waals surface area contributed by atoms with Gasteiger partial charge in [-0.25, -0.2) is 9.37 Å². The number of aromatic nitrogens is 1. The number of pyridine rings is 1. The summed E-state index contributed by atoms with van der Waals surface area (Å²) in [4.78, 5) is 15.5. The normalized spacial score (nSPS) is 11.9. The lowest BCUT2D eigenvalue weighted by Crippen LogP contribution is -2.10. The summed E-state index contributed by atoms with van der Waals surface area (Å²) in [6, 6.07) is 11.0. The summed E-state index contributed by atoms with van der Waals surface area (Å²) >= 11 is 12.2. The molecule has 28 heavy (non-hydrogen) atoms. The van der Waals surface area contributed by atoms with E-state index in [0.717, 1.165) is 0 Å². The van der Waals surface area contributed by atoms with Crippen molar-refractivity contribution in [2.45, 2.75) is 13.0 Å². The number of carbonyl (C=O) groups excluding carboxylic acids is 1. The summed E-state index contributed by atoms with van der Waals surface area (Å²) in [5.41, 5.74) is 13.3. The predicted molar refractivity (Wildman–Crippen MR) is 108 cm³/mol. The van der Waals surface area contributed by atoms with E-state index in [1.54, 1.807) is 43.5 Å². The highest BCUT2D eigenvalue weighted by molar-refractivity contribution is 6.36.